The second-order valence-corrected chi connectivity index (χ2v) is 4.94. The molecule has 5 nitrogen and oxygen atoms in total. The van der Waals surface area contributed by atoms with Gasteiger partial charge in [0, 0.05) is 12.5 Å². The third-order valence-electron chi connectivity index (χ3n) is 1.65. The molecule has 0 heterocycles. The highest BCUT2D eigenvalue weighted by molar-refractivity contribution is 7.85. The number of ketones is 1. The van der Waals surface area contributed by atoms with Gasteiger partial charge in [0.2, 0.25) is 0 Å². The zero-order valence-electron chi connectivity index (χ0n) is 8.65. The molecule has 0 bridgehead atoms. The summed E-state index contributed by atoms with van der Waals surface area (Å²) in [6.45, 7) is 5.27. The first kappa shape index (κ1) is 13.5. The fourth-order valence-corrected chi connectivity index (χ4v) is 1.80. The number of carbonyl (C=O) groups is 1. The molecule has 0 aliphatic carbocycles. The van der Waals surface area contributed by atoms with E-state index in [1.807, 2.05) is 0 Å². The van der Waals surface area contributed by atoms with Crippen molar-refractivity contribution in [3.63, 3.8) is 0 Å². The largest absolute Gasteiger partial charge is 0.304 e. The van der Waals surface area contributed by atoms with E-state index in [2.05, 4.69) is 5.32 Å². The zero-order valence-corrected chi connectivity index (χ0v) is 9.47. The van der Waals surface area contributed by atoms with E-state index in [0.29, 0.717) is 0 Å². The zero-order chi connectivity index (χ0) is 11.4. The number of rotatable bonds is 6. The molecule has 0 aliphatic rings. The van der Waals surface area contributed by atoms with Crippen LogP contribution < -0.4 is 5.32 Å². The first-order valence-corrected chi connectivity index (χ1v) is 6.11. The van der Waals surface area contributed by atoms with Gasteiger partial charge < -0.3 is 5.32 Å². The number of nitrogens with one attached hydrogen (secondary N) is 1. The molecule has 0 fully saturated rings. The van der Waals surface area contributed by atoms with Gasteiger partial charge in [0.15, 0.2) is 5.78 Å². The molecule has 6 heteroatoms. The van der Waals surface area contributed by atoms with Gasteiger partial charge in [0.25, 0.3) is 10.1 Å². The van der Waals surface area contributed by atoms with Crippen LogP contribution in [0.3, 0.4) is 0 Å². The lowest BCUT2D eigenvalue weighted by atomic mass is 10.1. The number of Topliss-reactive ketones (excluding diaryl/α,β-unsaturated/α-hetero) is 1. The van der Waals surface area contributed by atoms with Crippen LogP contribution in [0.4, 0.5) is 0 Å². The molecule has 0 unspecified atom stereocenters. The summed E-state index contributed by atoms with van der Waals surface area (Å²) in [5.41, 5.74) is 0. The molecule has 84 valence electrons. The molecule has 0 rings (SSSR count). The van der Waals surface area contributed by atoms with Gasteiger partial charge in [-0.3, -0.25) is 9.35 Å². The summed E-state index contributed by atoms with van der Waals surface area (Å²) in [6.07, 6.45) is 0.250. The molecule has 0 aromatic heterocycles. The summed E-state index contributed by atoms with van der Waals surface area (Å²) in [4.78, 5) is 11.3. The van der Waals surface area contributed by atoms with Gasteiger partial charge in [-0.2, -0.15) is 8.42 Å². The Morgan fingerprint density at radius 3 is 2.21 bits per heavy atom. The Kier molecular flexibility index (Phi) is 5.25. The highest BCUT2D eigenvalue weighted by Gasteiger charge is 2.22. The molecular weight excluding hydrogens is 206 g/mol. The predicted molar refractivity (Wildman–Crippen MR) is 53.8 cm³/mol. The van der Waals surface area contributed by atoms with Crippen LogP contribution in [-0.4, -0.2) is 36.6 Å². The summed E-state index contributed by atoms with van der Waals surface area (Å²) in [5, 5.41) is 2.80. The van der Waals surface area contributed by atoms with Gasteiger partial charge in [-0.25, -0.2) is 0 Å². The maximum absolute atomic E-state index is 11.3. The molecule has 1 atom stereocenters. The van der Waals surface area contributed by atoms with Crippen molar-refractivity contribution in [2.45, 2.75) is 39.3 Å². The van der Waals surface area contributed by atoms with Gasteiger partial charge in [-0.15, -0.1) is 0 Å². The lowest BCUT2D eigenvalue weighted by molar-refractivity contribution is -0.120. The fraction of sp³-hybridized carbons (Fsp3) is 0.875. The molecule has 2 N–H and O–H groups in total. The summed E-state index contributed by atoms with van der Waals surface area (Å²) in [7, 11) is -4.11. The van der Waals surface area contributed by atoms with E-state index in [9.17, 15) is 13.2 Å². The first-order valence-electron chi connectivity index (χ1n) is 4.50. The highest BCUT2D eigenvalue weighted by Crippen LogP contribution is 1.98. The van der Waals surface area contributed by atoms with Crippen molar-refractivity contribution in [2.24, 2.45) is 0 Å². The first-order chi connectivity index (χ1) is 6.26. The van der Waals surface area contributed by atoms with E-state index in [-0.39, 0.29) is 18.2 Å². The van der Waals surface area contributed by atoms with Crippen LogP contribution in [0.15, 0.2) is 0 Å². The van der Waals surface area contributed by atoms with Crippen LogP contribution in [0.2, 0.25) is 0 Å². The minimum Gasteiger partial charge on any atom is -0.304 e. The molecule has 0 spiro atoms. The van der Waals surface area contributed by atoms with Crippen molar-refractivity contribution in [2.75, 3.05) is 5.75 Å². The summed E-state index contributed by atoms with van der Waals surface area (Å²) in [6, 6.07) is -0.813. The third kappa shape index (κ3) is 6.06. The quantitative estimate of drug-likeness (QED) is 0.629. The Morgan fingerprint density at radius 1 is 1.43 bits per heavy atom. The van der Waals surface area contributed by atoms with Crippen LogP contribution in [0.1, 0.15) is 27.2 Å². The lowest BCUT2D eigenvalue weighted by Gasteiger charge is -2.17. The van der Waals surface area contributed by atoms with Gasteiger partial charge in [0.1, 0.15) is 0 Å². The Morgan fingerprint density at radius 2 is 1.93 bits per heavy atom. The van der Waals surface area contributed by atoms with Crippen LogP contribution in [0.25, 0.3) is 0 Å². The van der Waals surface area contributed by atoms with Crippen LogP contribution in [0.5, 0.6) is 0 Å². The van der Waals surface area contributed by atoms with E-state index < -0.39 is 21.9 Å². The summed E-state index contributed by atoms with van der Waals surface area (Å²) < 4.78 is 29.8. The average molecular weight is 223 g/mol. The standard InChI is InChI=1S/C8H17NO4S/c1-4-8(10)7(9-6(2)3)5-14(11,12)13/h6-7,9H,4-5H2,1-3H3,(H,11,12,13)/t7-/m0/s1. The van der Waals surface area contributed by atoms with Crippen LogP contribution in [-0.2, 0) is 14.9 Å². The molecule has 0 aliphatic heterocycles. The van der Waals surface area contributed by atoms with Gasteiger partial charge in [-0.05, 0) is 0 Å². The van der Waals surface area contributed by atoms with E-state index >= 15 is 0 Å². The van der Waals surface area contributed by atoms with Crippen LogP contribution >= 0.6 is 0 Å². The topological polar surface area (TPSA) is 83.5 Å². The molecular formula is C8H17NO4S. The Hall–Kier alpha value is -0.460. The Balaban J connectivity index is 4.48. The van der Waals surface area contributed by atoms with Crippen molar-refractivity contribution in [3.8, 4) is 0 Å². The van der Waals surface area contributed by atoms with Gasteiger partial charge in [0.05, 0.1) is 11.8 Å². The molecule has 0 saturated carbocycles. The van der Waals surface area contributed by atoms with Crippen molar-refractivity contribution in [3.05, 3.63) is 0 Å². The smallest absolute Gasteiger partial charge is 0.266 e. The average Bonchev–Trinajstić information content (AvgIpc) is 1.98. The highest BCUT2D eigenvalue weighted by atomic mass is 32.2. The van der Waals surface area contributed by atoms with Gasteiger partial charge in [-0.1, -0.05) is 20.8 Å². The number of hydrogen-bond acceptors (Lipinski definition) is 4. The van der Waals surface area contributed by atoms with Crippen molar-refractivity contribution < 1.29 is 17.8 Å². The fourth-order valence-electron chi connectivity index (χ4n) is 1.09. The minimum atomic E-state index is -4.11. The van der Waals surface area contributed by atoms with Crippen molar-refractivity contribution >= 4 is 15.9 Å². The Labute approximate surface area is 84.6 Å². The molecule has 0 aromatic carbocycles. The Bertz CT molecular complexity index is 284. The maximum atomic E-state index is 11.3. The predicted octanol–water partition coefficient (Wildman–Crippen LogP) is 0.220. The molecule has 0 aromatic rings. The van der Waals surface area contributed by atoms with E-state index in [1.165, 1.54) is 0 Å². The van der Waals surface area contributed by atoms with E-state index in [4.69, 9.17) is 4.55 Å². The SMILES string of the molecule is CCC(=O)[C@H](CS(=O)(=O)O)NC(C)C. The normalized spacial score (nSPS) is 14.4. The molecule has 0 saturated heterocycles. The van der Waals surface area contributed by atoms with Crippen LogP contribution in [0, 0.1) is 0 Å². The lowest BCUT2D eigenvalue weighted by Crippen LogP contribution is -2.45. The van der Waals surface area contributed by atoms with Crippen molar-refractivity contribution in [1.82, 2.24) is 5.32 Å². The van der Waals surface area contributed by atoms with E-state index in [1.54, 1.807) is 20.8 Å². The number of hydrogen-bond donors (Lipinski definition) is 2. The maximum Gasteiger partial charge on any atom is 0.266 e. The molecule has 0 amide bonds. The van der Waals surface area contributed by atoms with Gasteiger partial charge >= 0.3 is 0 Å². The molecule has 0 radical (unpaired) electrons. The summed E-state index contributed by atoms with van der Waals surface area (Å²) >= 11 is 0. The second kappa shape index (κ2) is 5.43. The van der Waals surface area contributed by atoms with E-state index in [0.717, 1.165) is 0 Å². The van der Waals surface area contributed by atoms with Crippen molar-refractivity contribution in [1.29, 1.82) is 0 Å². The summed E-state index contributed by atoms with van der Waals surface area (Å²) in [5.74, 6) is -0.769. The molecule has 14 heavy (non-hydrogen) atoms. The monoisotopic (exact) mass is 223 g/mol. The second-order valence-electron chi connectivity index (χ2n) is 3.44. The minimum absolute atomic E-state index is 0.00255. The third-order valence-corrected chi connectivity index (χ3v) is 2.40. The number of carbonyl (C=O) groups excluding carboxylic acids is 1.